The van der Waals surface area contributed by atoms with Gasteiger partial charge in [-0.25, -0.2) is 0 Å². The number of nitro groups is 1. The van der Waals surface area contributed by atoms with Crippen LogP contribution in [0.1, 0.15) is 24.2 Å². The van der Waals surface area contributed by atoms with Gasteiger partial charge in [-0.15, -0.1) is 0 Å². The van der Waals surface area contributed by atoms with E-state index in [2.05, 4.69) is 0 Å². The van der Waals surface area contributed by atoms with E-state index >= 15 is 0 Å². The molecular weight excluding hydrogens is 258 g/mol. The molecule has 0 aromatic heterocycles. The third kappa shape index (κ3) is 3.33. The van der Waals surface area contributed by atoms with Crippen LogP contribution in [-0.4, -0.2) is 10.0 Å². The summed E-state index contributed by atoms with van der Waals surface area (Å²) in [7, 11) is 0. The van der Waals surface area contributed by atoms with Crippen molar-refractivity contribution in [1.29, 1.82) is 0 Å². The van der Waals surface area contributed by atoms with Crippen LogP contribution in [0, 0.1) is 10.1 Å². The molecular formula is C15H15NO4. The molecule has 2 rings (SSSR count). The first-order valence-electron chi connectivity index (χ1n) is 6.21. The quantitative estimate of drug-likeness (QED) is 0.670. The summed E-state index contributed by atoms with van der Waals surface area (Å²) in [6.07, 6.45) is -0.833. The number of rotatable bonds is 5. The fourth-order valence-corrected chi connectivity index (χ4v) is 1.84. The molecule has 104 valence electrons. The Morgan fingerprint density at radius 3 is 2.55 bits per heavy atom. The molecule has 0 radical (unpaired) electrons. The number of aliphatic hydroxyl groups excluding tert-OH is 1. The largest absolute Gasteiger partial charge is 0.489 e. The zero-order valence-electron chi connectivity index (χ0n) is 11.0. The van der Waals surface area contributed by atoms with E-state index < -0.39 is 11.0 Å². The zero-order chi connectivity index (χ0) is 14.5. The lowest BCUT2D eigenvalue weighted by atomic mass is 10.1. The summed E-state index contributed by atoms with van der Waals surface area (Å²) >= 11 is 0. The van der Waals surface area contributed by atoms with Crippen molar-refractivity contribution in [1.82, 2.24) is 0 Å². The molecule has 0 heterocycles. The second-order valence-electron chi connectivity index (χ2n) is 4.43. The molecule has 0 aliphatic heterocycles. The smallest absolute Gasteiger partial charge is 0.270 e. The molecule has 0 saturated carbocycles. The molecule has 0 amide bonds. The van der Waals surface area contributed by atoms with Crippen LogP contribution in [0.5, 0.6) is 5.75 Å². The van der Waals surface area contributed by atoms with E-state index in [1.807, 2.05) is 30.3 Å². The minimum atomic E-state index is -0.833. The van der Waals surface area contributed by atoms with Gasteiger partial charge >= 0.3 is 0 Å². The molecule has 1 N–H and O–H groups in total. The minimum absolute atomic E-state index is 0.0621. The van der Waals surface area contributed by atoms with Crippen LogP contribution in [0.2, 0.25) is 0 Å². The molecule has 5 heteroatoms. The van der Waals surface area contributed by atoms with Gasteiger partial charge in [0.15, 0.2) is 0 Å². The summed E-state index contributed by atoms with van der Waals surface area (Å²) in [6, 6.07) is 13.8. The first-order chi connectivity index (χ1) is 9.58. The standard InChI is InChI=1S/C15H15NO4/c1-11(17)14-9-13(16(18)19)7-8-15(14)20-10-12-5-3-2-4-6-12/h2-9,11,17H,10H2,1H3. The predicted octanol–water partition coefficient (Wildman–Crippen LogP) is 3.23. The lowest BCUT2D eigenvalue weighted by Gasteiger charge is -2.13. The van der Waals surface area contributed by atoms with E-state index in [1.54, 1.807) is 6.92 Å². The van der Waals surface area contributed by atoms with E-state index in [0.717, 1.165) is 5.56 Å². The van der Waals surface area contributed by atoms with Crippen molar-refractivity contribution >= 4 is 5.69 Å². The maximum Gasteiger partial charge on any atom is 0.270 e. The number of nitrogens with zero attached hydrogens (tertiary/aromatic N) is 1. The van der Waals surface area contributed by atoms with Crippen LogP contribution in [0.3, 0.4) is 0 Å². The van der Waals surface area contributed by atoms with Gasteiger partial charge in [-0.1, -0.05) is 30.3 Å². The summed E-state index contributed by atoms with van der Waals surface area (Å²) < 4.78 is 5.64. The highest BCUT2D eigenvalue weighted by molar-refractivity contribution is 5.44. The van der Waals surface area contributed by atoms with Crippen molar-refractivity contribution in [3.05, 3.63) is 69.8 Å². The van der Waals surface area contributed by atoms with Crippen molar-refractivity contribution in [3.8, 4) is 5.75 Å². The summed E-state index contributed by atoms with van der Waals surface area (Å²) in [5.74, 6) is 0.453. The van der Waals surface area contributed by atoms with Crippen LogP contribution in [-0.2, 0) is 6.61 Å². The number of benzene rings is 2. The molecule has 1 atom stereocenters. The lowest BCUT2D eigenvalue weighted by molar-refractivity contribution is -0.385. The minimum Gasteiger partial charge on any atom is -0.489 e. The number of ether oxygens (including phenoxy) is 1. The van der Waals surface area contributed by atoms with E-state index in [-0.39, 0.29) is 5.69 Å². The number of hydrogen-bond acceptors (Lipinski definition) is 4. The lowest BCUT2D eigenvalue weighted by Crippen LogP contribution is -2.02. The highest BCUT2D eigenvalue weighted by atomic mass is 16.6. The Labute approximate surface area is 116 Å². The maximum atomic E-state index is 10.7. The molecule has 2 aromatic rings. The van der Waals surface area contributed by atoms with Crippen molar-refractivity contribution in [2.45, 2.75) is 19.6 Å². The van der Waals surface area contributed by atoms with E-state index in [4.69, 9.17) is 4.74 Å². The van der Waals surface area contributed by atoms with Crippen molar-refractivity contribution in [2.75, 3.05) is 0 Å². The number of aliphatic hydroxyl groups is 1. The Bertz CT molecular complexity index is 596. The van der Waals surface area contributed by atoms with Gasteiger partial charge in [0.1, 0.15) is 12.4 Å². The normalized spacial score (nSPS) is 11.9. The monoisotopic (exact) mass is 273 g/mol. The van der Waals surface area contributed by atoms with Crippen molar-refractivity contribution in [2.24, 2.45) is 0 Å². The second kappa shape index (κ2) is 6.16. The van der Waals surface area contributed by atoms with Gasteiger partial charge in [0.05, 0.1) is 11.0 Å². The van der Waals surface area contributed by atoms with Crippen molar-refractivity contribution < 1.29 is 14.8 Å². The highest BCUT2D eigenvalue weighted by Crippen LogP contribution is 2.29. The number of nitro benzene ring substituents is 1. The van der Waals surface area contributed by atoms with Crippen LogP contribution in [0.15, 0.2) is 48.5 Å². The first-order valence-corrected chi connectivity index (χ1v) is 6.21. The van der Waals surface area contributed by atoms with E-state index in [9.17, 15) is 15.2 Å². The van der Waals surface area contributed by atoms with Gasteiger partial charge in [-0.05, 0) is 18.6 Å². The summed E-state index contributed by atoms with van der Waals surface area (Å²) in [6.45, 7) is 1.90. The second-order valence-corrected chi connectivity index (χ2v) is 4.43. The van der Waals surface area contributed by atoms with Crippen LogP contribution < -0.4 is 4.74 Å². The number of non-ortho nitro benzene ring substituents is 1. The molecule has 20 heavy (non-hydrogen) atoms. The molecule has 0 aliphatic rings. The Hall–Kier alpha value is -2.40. The highest BCUT2D eigenvalue weighted by Gasteiger charge is 2.15. The fraction of sp³-hybridized carbons (Fsp3) is 0.200. The molecule has 0 bridgehead atoms. The SMILES string of the molecule is CC(O)c1cc([N+](=O)[O-])ccc1OCc1ccccc1. The predicted molar refractivity (Wildman–Crippen MR) is 74.5 cm³/mol. The summed E-state index contributed by atoms with van der Waals surface area (Å²) in [5.41, 5.74) is 1.34. The van der Waals surface area contributed by atoms with Gasteiger partial charge in [-0.2, -0.15) is 0 Å². The van der Waals surface area contributed by atoms with E-state index in [1.165, 1.54) is 18.2 Å². The van der Waals surface area contributed by atoms with Gasteiger partial charge in [-0.3, -0.25) is 10.1 Å². The average Bonchev–Trinajstić information content (AvgIpc) is 2.45. The van der Waals surface area contributed by atoms with Crippen LogP contribution in [0.4, 0.5) is 5.69 Å². The third-order valence-electron chi connectivity index (χ3n) is 2.89. The van der Waals surface area contributed by atoms with Crippen molar-refractivity contribution in [3.63, 3.8) is 0 Å². The average molecular weight is 273 g/mol. The molecule has 2 aromatic carbocycles. The molecule has 0 fully saturated rings. The Morgan fingerprint density at radius 1 is 1.25 bits per heavy atom. The van der Waals surface area contributed by atoms with Gasteiger partial charge in [0.2, 0.25) is 0 Å². The third-order valence-corrected chi connectivity index (χ3v) is 2.89. The Balaban J connectivity index is 2.20. The van der Waals surface area contributed by atoms with Gasteiger partial charge in [0, 0.05) is 17.7 Å². The number of hydrogen-bond donors (Lipinski definition) is 1. The van der Waals surface area contributed by atoms with Crippen LogP contribution >= 0.6 is 0 Å². The van der Waals surface area contributed by atoms with Gasteiger partial charge < -0.3 is 9.84 Å². The van der Waals surface area contributed by atoms with E-state index in [0.29, 0.717) is 17.9 Å². The molecule has 0 aliphatic carbocycles. The zero-order valence-corrected chi connectivity index (χ0v) is 11.0. The molecule has 0 spiro atoms. The molecule has 5 nitrogen and oxygen atoms in total. The molecule has 0 saturated heterocycles. The summed E-state index contributed by atoms with van der Waals surface area (Å²) in [5, 5.41) is 20.5. The molecule has 1 unspecified atom stereocenters. The topological polar surface area (TPSA) is 72.6 Å². The Morgan fingerprint density at radius 2 is 1.95 bits per heavy atom. The van der Waals surface area contributed by atoms with Crippen LogP contribution in [0.25, 0.3) is 0 Å². The summed E-state index contributed by atoms with van der Waals surface area (Å²) in [4.78, 5) is 10.3. The maximum absolute atomic E-state index is 10.7. The fourth-order valence-electron chi connectivity index (χ4n) is 1.84. The first kappa shape index (κ1) is 14.0. The van der Waals surface area contributed by atoms with Gasteiger partial charge in [0.25, 0.3) is 5.69 Å². The Kier molecular flexibility index (Phi) is 4.32.